The van der Waals surface area contributed by atoms with Crippen LogP contribution in [0.3, 0.4) is 0 Å². The predicted octanol–water partition coefficient (Wildman–Crippen LogP) is 2.54. The third-order valence-electron chi connectivity index (χ3n) is 4.50. The lowest BCUT2D eigenvalue weighted by Gasteiger charge is -2.28. The lowest BCUT2D eigenvalue weighted by atomic mass is 9.90. The van der Waals surface area contributed by atoms with Crippen molar-refractivity contribution in [1.29, 1.82) is 5.26 Å². The molecule has 7 heteroatoms. The summed E-state index contributed by atoms with van der Waals surface area (Å²) < 4.78 is 2.13. The van der Waals surface area contributed by atoms with Crippen molar-refractivity contribution in [2.75, 3.05) is 0 Å². The van der Waals surface area contributed by atoms with Gasteiger partial charge in [-0.15, -0.1) is 10.2 Å². The normalized spacial score (nSPS) is 18.4. The zero-order valence-corrected chi connectivity index (χ0v) is 15.1. The summed E-state index contributed by atoms with van der Waals surface area (Å²) in [6.45, 7) is 8.38. The van der Waals surface area contributed by atoms with Crippen LogP contribution in [0.5, 0.6) is 0 Å². The predicted molar refractivity (Wildman–Crippen MR) is 89.9 cm³/mol. The first kappa shape index (κ1) is 17.8. The molecule has 1 aromatic rings. The van der Waals surface area contributed by atoms with Gasteiger partial charge in [0.15, 0.2) is 5.16 Å². The topological polar surface area (TPSA) is 83.6 Å². The Morgan fingerprint density at radius 3 is 2.74 bits per heavy atom. The average Bonchev–Trinajstić information content (AvgIpc) is 2.74. The number of fused-ring (bicyclic) bond motifs is 1. The molecule has 6 nitrogen and oxygen atoms in total. The number of hydrogen-bond donors (Lipinski definition) is 1. The number of carbonyl (C=O) groups excluding carboxylic acids is 1. The molecule has 126 valence electrons. The molecule has 1 aromatic heterocycles. The van der Waals surface area contributed by atoms with E-state index in [2.05, 4.69) is 26.2 Å². The summed E-state index contributed by atoms with van der Waals surface area (Å²) in [5.74, 6) is 0.915. The molecule has 0 aromatic carbocycles. The van der Waals surface area contributed by atoms with E-state index in [1.807, 2.05) is 20.8 Å². The Morgan fingerprint density at radius 1 is 1.35 bits per heavy atom. The van der Waals surface area contributed by atoms with E-state index in [4.69, 9.17) is 0 Å². The van der Waals surface area contributed by atoms with Gasteiger partial charge in [0, 0.05) is 13.0 Å². The van der Waals surface area contributed by atoms with Crippen molar-refractivity contribution in [2.24, 2.45) is 5.92 Å². The molecule has 1 aliphatic heterocycles. The van der Waals surface area contributed by atoms with Crippen LogP contribution in [0.25, 0.3) is 0 Å². The van der Waals surface area contributed by atoms with Crippen molar-refractivity contribution < 1.29 is 4.79 Å². The molecule has 0 spiro atoms. The molecule has 0 saturated carbocycles. The molecule has 0 saturated heterocycles. The monoisotopic (exact) mass is 335 g/mol. The minimum Gasteiger partial charge on any atom is -0.337 e. The Labute approximate surface area is 142 Å². The molecule has 1 amide bonds. The van der Waals surface area contributed by atoms with Crippen LogP contribution in [-0.2, 0) is 17.8 Å². The molecule has 2 heterocycles. The van der Waals surface area contributed by atoms with E-state index in [1.54, 1.807) is 6.92 Å². The van der Waals surface area contributed by atoms with Crippen LogP contribution in [0.4, 0.5) is 0 Å². The minimum atomic E-state index is -0.854. The van der Waals surface area contributed by atoms with Gasteiger partial charge < -0.3 is 9.88 Å². The summed E-state index contributed by atoms with van der Waals surface area (Å²) in [5.41, 5.74) is -0.854. The minimum absolute atomic E-state index is 0.0398. The van der Waals surface area contributed by atoms with Crippen LogP contribution < -0.4 is 5.32 Å². The summed E-state index contributed by atoms with van der Waals surface area (Å²) in [7, 11) is 0. The van der Waals surface area contributed by atoms with Crippen molar-refractivity contribution in [3.8, 4) is 6.07 Å². The molecule has 0 radical (unpaired) electrons. The molecule has 0 bridgehead atoms. The van der Waals surface area contributed by atoms with Crippen molar-refractivity contribution in [3.63, 3.8) is 0 Å². The van der Waals surface area contributed by atoms with Gasteiger partial charge in [0.05, 0.1) is 11.3 Å². The zero-order valence-electron chi connectivity index (χ0n) is 14.3. The number of nitriles is 1. The fraction of sp³-hybridized carbons (Fsp3) is 0.750. The largest absolute Gasteiger partial charge is 0.337 e. The maximum absolute atomic E-state index is 12.4. The lowest BCUT2D eigenvalue weighted by molar-refractivity contribution is -0.121. The van der Waals surface area contributed by atoms with Gasteiger partial charge in [-0.25, -0.2) is 0 Å². The molecular formula is C16H25N5OS. The van der Waals surface area contributed by atoms with Crippen molar-refractivity contribution >= 4 is 17.7 Å². The van der Waals surface area contributed by atoms with Gasteiger partial charge in [-0.1, -0.05) is 32.0 Å². The smallest absolute Gasteiger partial charge is 0.234 e. The van der Waals surface area contributed by atoms with Crippen LogP contribution in [-0.4, -0.2) is 31.5 Å². The Bertz CT molecular complexity index is 606. The fourth-order valence-corrected chi connectivity index (χ4v) is 3.31. The van der Waals surface area contributed by atoms with E-state index in [0.29, 0.717) is 0 Å². The maximum atomic E-state index is 12.4. The van der Waals surface area contributed by atoms with Crippen LogP contribution in [0.1, 0.15) is 52.8 Å². The van der Waals surface area contributed by atoms with E-state index >= 15 is 0 Å². The van der Waals surface area contributed by atoms with Crippen LogP contribution in [0, 0.1) is 17.2 Å². The highest BCUT2D eigenvalue weighted by molar-refractivity contribution is 8.00. The highest BCUT2D eigenvalue weighted by Gasteiger charge is 2.32. The van der Waals surface area contributed by atoms with Crippen molar-refractivity contribution in [3.05, 3.63) is 5.82 Å². The summed E-state index contributed by atoms with van der Waals surface area (Å²) in [5, 5.41) is 21.2. The molecule has 0 fully saturated rings. The first-order valence-corrected chi connectivity index (χ1v) is 9.07. The van der Waals surface area contributed by atoms with Crippen LogP contribution in [0.2, 0.25) is 0 Å². The number of amides is 1. The third kappa shape index (κ3) is 4.05. The molecule has 2 atom stereocenters. The highest BCUT2D eigenvalue weighted by atomic mass is 32.2. The van der Waals surface area contributed by atoms with Gasteiger partial charge in [-0.3, -0.25) is 4.79 Å². The molecule has 0 unspecified atom stereocenters. The number of nitrogens with one attached hydrogen (secondary N) is 1. The Hall–Kier alpha value is -1.55. The number of nitrogens with zero attached hydrogens (tertiary/aromatic N) is 4. The molecule has 2 rings (SSSR count). The second-order valence-electron chi connectivity index (χ2n) is 6.58. The average molecular weight is 335 g/mol. The second-order valence-corrected chi connectivity index (χ2v) is 7.89. The summed E-state index contributed by atoms with van der Waals surface area (Å²) in [6, 6.07) is 2.21. The number of carbonyl (C=O) groups is 1. The lowest BCUT2D eigenvalue weighted by Crippen LogP contribution is -2.51. The standard InChI is InChI=1S/C16H25N5OS/c1-11(2)16(4,10-17)18-14(22)12(3)23-15-20-19-13-8-6-5-7-9-21(13)15/h11-12H,5-9H2,1-4H3,(H,18,22)/t12-,16+/m0/s1. The maximum Gasteiger partial charge on any atom is 0.234 e. The fourth-order valence-electron chi connectivity index (χ4n) is 2.42. The van der Waals surface area contributed by atoms with Gasteiger partial charge in [-0.2, -0.15) is 5.26 Å². The van der Waals surface area contributed by atoms with E-state index in [1.165, 1.54) is 18.2 Å². The number of aryl methyl sites for hydroxylation is 1. The molecule has 1 N–H and O–H groups in total. The Kier molecular flexibility index (Phi) is 5.69. The summed E-state index contributed by atoms with van der Waals surface area (Å²) in [4.78, 5) is 12.4. The van der Waals surface area contributed by atoms with E-state index in [-0.39, 0.29) is 17.1 Å². The number of rotatable bonds is 5. The van der Waals surface area contributed by atoms with E-state index < -0.39 is 5.54 Å². The summed E-state index contributed by atoms with van der Waals surface area (Å²) >= 11 is 1.41. The molecule has 0 aliphatic carbocycles. The van der Waals surface area contributed by atoms with Gasteiger partial charge in [0.25, 0.3) is 0 Å². The number of aromatic nitrogens is 3. The van der Waals surface area contributed by atoms with Crippen molar-refractivity contribution in [2.45, 2.75) is 75.9 Å². The van der Waals surface area contributed by atoms with Crippen molar-refractivity contribution in [1.82, 2.24) is 20.1 Å². The Balaban J connectivity index is 2.05. The van der Waals surface area contributed by atoms with E-state index in [9.17, 15) is 10.1 Å². The molecule has 1 aliphatic rings. The van der Waals surface area contributed by atoms with Gasteiger partial charge in [-0.05, 0) is 32.6 Å². The van der Waals surface area contributed by atoms with Gasteiger partial charge in [0.2, 0.25) is 5.91 Å². The molecular weight excluding hydrogens is 310 g/mol. The van der Waals surface area contributed by atoms with Gasteiger partial charge >= 0.3 is 0 Å². The number of hydrogen-bond acceptors (Lipinski definition) is 5. The van der Waals surface area contributed by atoms with Gasteiger partial charge in [0.1, 0.15) is 11.4 Å². The Morgan fingerprint density at radius 2 is 2.09 bits per heavy atom. The number of thioether (sulfide) groups is 1. The van der Waals surface area contributed by atoms with Crippen LogP contribution in [0.15, 0.2) is 5.16 Å². The molecule has 23 heavy (non-hydrogen) atoms. The highest BCUT2D eigenvalue weighted by Crippen LogP contribution is 2.26. The zero-order chi connectivity index (χ0) is 17.0. The van der Waals surface area contributed by atoms with Crippen LogP contribution >= 0.6 is 11.8 Å². The first-order valence-electron chi connectivity index (χ1n) is 8.19. The summed E-state index contributed by atoms with van der Waals surface area (Å²) in [6.07, 6.45) is 4.43. The third-order valence-corrected chi connectivity index (χ3v) is 5.58. The second kappa shape index (κ2) is 7.35. The quantitative estimate of drug-likeness (QED) is 0.836. The first-order chi connectivity index (χ1) is 10.9. The SMILES string of the molecule is CC(C)[C@@](C)(C#N)NC(=O)[C@H](C)Sc1nnc2n1CCCCC2. The van der Waals surface area contributed by atoms with E-state index in [0.717, 1.165) is 36.8 Å².